The Morgan fingerprint density at radius 1 is 1.12 bits per heavy atom. The first-order chi connectivity index (χ1) is 11.5. The summed E-state index contributed by atoms with van der Waals surface area (Å²) in [6.45, 7) is 0.100. The maximum Gasteiger partial charge on any atom is 0.326 e. The summed E-state index contributed by atoms with van der Waals surface area (Å²) in [5, 5.41) is 9.46. The SMILES string of the molecule is O=C(O)[C@H]1Cc2ccccc2CN1C(=O)COc1ccc(Br)cc1. The largest absolute Gasteiger partial charge is 0.484 e. The zero-order chi connectivity index (χ0) is 17.1. The Balaban J connectivity index is 1.72. The van der Waals surface area contributed by atoms with Gasteiger partial charge < -0.3 is 14.7 Å². The highest BCUT2D eigenvalue weighted by Crippen LogP contribution is 2.24. The number of fused-ring (bicyclic) bond motifs is 1. The number of halogens is 1. The van der Waals surface area contributed by atoms with Gasteiger partial charge in [0.2, 0.25) is 0 Å². The zero-order valence-corrected chi connectivity index (χ0v) is 14.4. The minimum Gasteiger partial charge on any atom is -0.484 e. The Hall–Kier alpha value is -2.34. The van der Waals surface area contributed by atoms with Crippen molar-refractivity contribution in [3.05, 3.63) is 64.1 Å². The van der Waals surface area contributed by atoms with Gasteiger partial charge in [0, 0.05) is 17.4 Å². The van der Waals surface area contributed by atoms with Gasteiger partial charge in [-0.2, -0.15) is 0 Å². The van der Waals surface area contributed by atoms with Gasteiger partial charge >= 0.3 is 5.97 Å². The minimum absolute atomic E-state index is 0.187. The van der Waals surface area contributed by atoms with Gasteiger partial charge in [0.1, 0.15) is 11.8 Å². The number of carbonyl (C=O) groups excluding carboxylic acids is 1. The molecule has 1 aliphatic heterocycles. The van der Waals surface area contributed by atoms with Crippen molar-refractivity contribution in [3.8, 4) is 5.75 Å². The fourth-order valence-electron chi connectivity index (χ4n) is 2.76. The number of hydrogen-bond acceptors (Lipinski definition) is 3. The van der Waals surface area contributed by atoms with E-state index in [0.717, 1.165) is 15.6 Å². The fraction of sp³-hybridized carbons (Fsp3) is 0.222. The molecule has 124 valence electrons. The Bertz CT molecular complexity index is 760. The molecule has 0 bridgehead atoms. The molecule has 1 aliphatic rings. The third-order valence-corrected chi connectivity index (χ3v) is 4.56. The molecule has 1 amide bonds. The molecule has 0 fully saturated rings. The summed E-state index contributed by atoms with van der Waals surface area (Å²) >= 11 is 3.33. The monoisotopic (exact) mass is 389 g/mol. The van der Waals surface area contributed by atoms with Crippen LogP contribution in [0.5, 0.6) is 5.75 Å². The lowest BCUT2D eigenvalue weighted by Crippen LogP contribution is -2.50. The Labute approximate surface area is 148 Å². The van der Waals surface area contributed by atoms with Crippen molar-refractivity contribution in [2.24, 2.45) is 0 Å². The molecule has 3 rings (SSSR count). The lowest BCUT2D eigenvalue weighted by atomic mass is 9.94. The van der Waals surface area contributed by atoms with Crippen LogP contribution >= 0.6 is 15.9 Å². The third-order valence-electron chi connectivity index (χ3n) is 4.03. The number of ether oxygens (including phenoxy) is 1. The van der Waals surface area contributed by atoms with Crippen molar-refractivity contribution in [1.29, 1.82) is 0 Å². The van der Waals surface area contributed by atoms with Crippen LogP contribution in [0.15, 0.2) is 53.0 Å². The van der Waals surface area contributed by atoms with Crippen LogP contribution in [-0.4, -0.2) is 34.5 Å². The predicted octanol–water partition coefficient (Wildman–Crippen LogP) is 2.87. The van der Waals surface area contributed by atoms with Gasteiger partial charge in [-0.3, -0.25) is 4.79 Å². The quantitative estimate of drug-likeness (QED) is 0.872. The lowest BCUT2D eigenvalue weighted by molar-refractivity contribution is -0.152. The van der Waals surface area contributed by atoms with E-state index in [4.69, 9.17) is 4.74 Å². The van der Waals surface area contributed by atoms with E-state index in [1.165, 1.54) is 4.90 Å². The van der Waals surface area contributed by atoms with Gasteiger partial charge in [0.15, 0.2) is 6.61 Å². The second kappa shape index (κ2) is 7.05. The molecule has 1 atom stereocenters. The average Bonchev–Trinajstić information content (AvgIpc) is 2.59. The Kier molecular flexibility index (Phi) is 4.85. The molecule has 0 aliphatic carbocycles. The van der Waals surface area contributed by atoms with Gasteiger partial charge in [0.05, 0.1) is 0 Å². The first-order valence-corrected chi connectivity index (χ1v) is 8.31. The van der Waals surface area contributed by atoms with Crippen LogP contribution in [0.2, 0.25) is 0 Å². The number of amides is 1. The van der Waals surface area contributed by atoms with E-state index in [0.29, 0.717) is 12.2 Å². The number of rotatable bonds is 4. The summed E-state index contributed by atoms with van der Waals surface area (Å²) in [5.74, 6) is -0.767. The van der Waals surface area contributed by atoms with E-state index in [-0.39, 0.29) is 19.1 Å². The molecule has 0 radical (unpaired) electrons. The minimum atomic E-state index is -0.999. The second-order valence-corrected chi connectivity index (χ2v) is 6.51. The summed E-state index contributed by atoms with van der Waals surface area (Å²) < 4.78 is 6.40. The van der Waals surface area contributed by atoms with Crippen LogP contribution in [0.3, 0.4) is 0 Å². The summed E-state index contributed by atoms with van der Waals surface area (Å²) in [7, 11) is 0. The van der Waals surface area contributed by atoms with Crippen molar-refractivity contribution in [1.82, 2.24) is 4.90 Å². The maximum absolute atomic E-state index is 12.5. The molecule has 1 heterocycles. The molecule has 2 aromatic rings. The Morgan fingerprint density at radius 2 is 1.79 bits per heavy atom. The molecule has 0 unspecified atom stereocenters. The number of hydrogen-bond donors (Lipinski definition) is 1. The number of carboxylic acid groups (broad SMARTS) is 1. The van der Waals surface area contributed by atoms with Crippen molar-refractivity contribution < 1.29 is 19.4 Å². The molecule has 1 N–H and O–H groups in total. The van der Waals surface area contributed by atoms with Crippen LogP contribution in [0.1, 0.15) is 11.1 Å². The smallest absolute Gasteiger partial charge is 0.326 e. The molecule has 6 heteroatoms. The molecule has 0 spiro atoms. The molecule has 5 nitrogen and oxygen atoms in total. The molecule has 24 heavy (non-hydrogen) atoms. The highest BCUT2D eigenvalue weighted by atomic mass is 79.9. The number of nitrogens with zero attached hydrogens (tertiary/aromatic N) is 1. The van der Waals surface area contributed by atoms with E-state index >= 15 is 0 Å². The number of aliphatic carboxylic acids is 1. The molecule has 0 saturated carbocycles. The number of carboxylic acids is 1. The van der Waals surface area contributed by atoms with Gasteiger partial charge in [-0.05, 0) is 35.4 Å². The van der Waals surface area contributed by atoms with Crippen molar-refractivity contribution in [2.45, 2.75) is 19.0 Å². The van der Waals surface area contributed by atoms with Gasteiger partial charge in [-0.1, -0.05) is 40.2 Å². The van der Waals surface area contributed by atoms with E-state index < -0.39 is 12.0 Å². The molecule has 2 aromatic carbocycles. The van der Waals surface area contributed by atoms with Crippen LogP contribution in [0.4, 0.5) is 0 Å². The highest BCUT2D eigenvalue weighted by molar-refractivity contribution is 9.10. The van der Waals surface area contributed by atoms with Crippen LogP contribution in [0, 0.1) is 0 Å². The number of carbonyl (C=O) groups is 2. The van der Waals surface area contributed by atoms with E-state index in [1.807, 2.05) is 36.4 Å². The normalized spacial score (nSPS) is 16.4. The van der Waals surface area contributed by atoms with Crippen molar-refractivity contribution in [2.75, 3.05) is 6.61 Å². The van der Waals surface area contributed by atoms with Crippen LogP contribution in [0.25, 0.3) is 0 Å². The zero-order valence-electron chi connectivity index (χ0n) is 12.8. The average molecular weight is 390 g/mol. The number of benzene rings is 2. The van der Waals surface area contributed by atoms with Gasteiger partial charge in [-0.25, -0.2) is 4.79 Å². The standard InChI is InChI=1S/C18H16BrNO4/c19-14-5-7-15(8-6-14)24-11-17(21)20-10-13-4-2-1-3-12(13)9-16(20)18(22)23/h1-8,16H,9-11H2,(H,22,23)/t16-/m1/s1. The van der Waals surface area contributed by atoms with Crippen molar-refractivity contribution in [3.63, 3.8) is 0 Å². The third kappa shape index (κ3) is 3.59. The Morgan fingerprint density at radius 3 is 2.46 bits per heavy atom. The van der Waals surface area contributed by atoms with E-state index in [1.54, 1.807) is 12.1 Å². The van der Waals surface area contributed by atoms with Crippen LogP contribution < -0.4 is 4.74 Å². The summed E-state index contributed by atoms with van der Waals surface area (Å²) in [4.78, 5) is 25.4. The fourth-order valence-corrected chi connectivity index (χ4v) is 3.03. The topological polar surface area (TPSA) is 66.8 Å². The summed E-state index contributed by atoms with van der Waals surface area (Å²) in [6, 6.07) is 13.9. The second-order valence-electron chi connectivity index (χ2n) is 5.59. The first-order valence-electron chi connectivity index (χ1n) is 7.52. The van der Waals surface area contributed by atoms with Gasteiger partial charge in [-0.15, -0.1) is 0 Å². The van der Waals surface area contributed by atoms with E-state index in [2.05, 4.69) is 15.9 Å². The predicted molar refractivity (Wildman–Crippen MR) is 91.8 cm³/mol. The maximum atomic E-state index is 12.5. The molecular formula is C18H16BrNO4. The molecule has 0 saturated heterocycles. The van der Waals surface area contributed by atoms with Crippen molar-refractivity contribution >= 4 is 27.8 Å². The van der Waals surface area contributed by atoms with Gasteiger partial charge in [0.25, 0.3) is 5.91 Å². The highest BCUT2D eigenvalue weighted by Gasteiger charge is 2.34. The lowest BCUT2D eigenvalue weighted by Gasteiger charge is -2.34. The van der Waals surface area contributed by atoms with E-state index in [9.17, 15) is 14.7 Å². The first kappa shape index (κ1) is 16.5. The summed E-state index contributed by atoms with van der Waals surface area (Å²) in [6.07, 6.45) is 0.315. The van der Waals surface area contributed by atoms with Crippen LogP contribution in [-0.2, 0) is 22.6 Å². The molecular weight excluding hydrogens is 374 g/mol. The summed E-state index contributed by atoms with van der Waals surface area (Å²) in [5.41, 5.74) is 1.95. The molecule has 0 aromatic heterocycles.